The van der Waals surface area contributed by atoms with Crippen LogP contribution in [0.15, 0.2) is 243 Å². The van der Waals surface area contributed by atoms with Crippen LogP contribution in [0.1, 0.15) is 143 Å². The largest absolute Gasteiger partial charge is 0.0776 e. The van der Waals surface area contributed by atoms with Gasteiger partial charge in [0.05, 0.1) is 0 Å². The summed E-state index contributed by atoms with van der Waals surface area (Å²) in [4.78, 5) is 0. The monoisotopic (exact) mass is 989 g/mol. The Hall–Kier alpha value is -7.02. The average Bonchev–Trinajstić information content (AvgIpc) is 3.91. The molecule has 0 amide bonds. The molecule has 0 heteroatoms. The van der Waals surface area contributed by atoms with Crippen molar-refractivity contribution in [3.05, 3.63) is 254 Å². The van der Waals surface area contributed by atoms with Crippen LogP contribution >= 0.6 is 0 Å². The highest BCUT2D eigenvalue weighted by Gasteiger charge is 2.17. The molecule has 0 saturated carbocycles. The summed E-state index contributed by atoms with van der Waals surface area (Å²) >= 11 is 0. The Morgan fingerprint density at radius 3 is 0.649 bits per heavy atom. The smallest absolute Gasteiger partial charge is 0.00135 e. The maximum atomic E-state index is 2.25. The number of fused-ring (bicyclic) bond motifs is 6. The highest BCUT2D eigenvalue weighted by atomic mass is 14.2. The molecular formula is C74H100. The highest BCUT2D eigenvalue weighted by molar-refractivity contribution is 6.21. The lowest BCUT2D eigenvalue weighted by atomic mass is 9.86. The first-order valence-electron chi connectivity index (χ1n) is 28.0. The minimum absolute atomic E-state index is 0. The lowest BCUT2D eigenvalue weighted by Gasteiger charge is -2.17. The summed E-state index contributed by atoms with van der Waals surface area (Å²) < 4.78 is 0. The van der Waals surface area contributed by atoms with Crippen molar-refractivity contribution in [2.45, 2.75) is 138 Å². The summed E-state index contributed by atoms with van der Waals surface area (Å²) in [6, 6.07) is 85.0. The Morgan fingerprint density at radius 1 is 0.203 bits per heavy atom. The topological polar surface area (TPSA) is 0 Å². The van der Waals surface area contributed by atoms with Crippen LogP contribution in [-0.4, -0.2) is 0 Å². The van der Waals surface area contributed by atoms with Crippen molar-refractivity contribution in [3.8, 4) is 33.4 Å². The molecular weight excluding hydrogens is 889 g/mol. The maximum Gasteiger partial charge on any atom is -0.00135 e. The van der Waals surface area contributed by atoms with Gasteiger partial charge in [-0.05, 0) is 83.2 Å². The summed E-state index contributed by atoms with van der Waals surface area (Å²) in [5.41, 5.74) is 10.9. The van der Waals surface area contributed by atoms with Gasteiger partial charge in [-0.15, -0.1) is 0 Å². The second-order valence-corrected chi connectivity index (χ2v) is 13.6. The fourth-order valence-corrected chi connectivity index (χ4v) is 7.56. The van der Waals surface area contributed by atoms with E-state index in [9.17, 15) is 0 Å². The molecule has 0 atom stereocenters. The lowest BCUT2D eigenvalue weighted by molar-refractivity contribution is 1.26. The van der Waals surface area contributed by atoms with Crippen molar-refractivity contribution < 1.29 is 0 Å². The number of rotatable bonds is 2. The molecule has 1 aliphatic rings. The van der Waals surface area contributed by atoms with Gasteiger partial charge >= 0.3 is 0 Å². The Labute approximate surface area is 455 Å². The molecule has 11 rings (SSSR count). The standard InChI is InChI=1S/C26H18.C13H10.C10H8.C6H6.9C2H6.CH4/c1-3-11-19(12-4-1)25-21-15-7-9-17-23(21)26(20-13-5-2-6-14-20)24-18-10-8-16-22(24)25;1-3-7-12-10(5-1)9-11-6-2-4-8-13(11)12;1-2-6-10-8-4-3-7-9(10)5-1;1-2-4-6-5-3-1;9*1-2;/h1-18H;1-8H,9H2;1-8H;1-6H;9*1-2H3;1H4. The second kappa shape index (κ2) is 48.3. The van der Waals surface area contributed by atoms with Gasteiger partial charge in [0.1, 0.15) is 0 Å². The summed E-state index contributed by atoms with van der Waals surface area (Å²) in [5, 5.41) is 7.83. The van der Waals surface area contributed by atoms with E-state index in [4.69, 9.17) is 0 Å². The minimum Gasteiger partial charge on any atom is -0.0776 e. The molecule has 0 saturated heterocycles. The van der Waals surface area contributed by atoms with E-state index < -0.39 is 0 Å². The molecule has 0 fully saturated rings. The molecule has 0 unspecified atom stereocenters. The second-order valence-electron chi connectivity index (χ2n) is 13.6. The average molecular weight is 990 g/mol. The normalized spacial score (nSPS) is 8.78. The molecule has 1 aliphatic carbocycles. The van der Waals surface area contributed by atoms with Gasteiger partial charge in [0.25, 0.3) is 0 Å². The third-order valence-corrected chi connectivity index (χ3v) is 10.1. The van der Waals surface area contributed by atoms with Gasteiger partial charge < -0.3 is 0 Å². The first-order chi connectivity index (χ1) is 36.3. The SMILES string of the molecule is C.CC.CC.CC.CC.CC.CC.CC.CC.CC.c1ccc(-c2c3ccccc3c(-c3ccccc3)c3ccccc23)cc1.c1ccc2c(c1)Cc1ccccc1-2.c1ccc2ccccc2c1.c1ccccc1. The minimum atomic E-state index is 0. The van der Waals surface area contributed by atoms with E-state index in [0.717, 1.165) is 6.42 Å². The molecule has 0 heterocycles. The van der Waals surface area contributed by atoms with E-state index >= 15 is 0 Å². The van der Waals surface area contributed by atoms with Crippen LogP contribution in [0.3, 0.4) is 0 Å². The molecule has 0 aliphatic heterocycles. The Bertz CT molecular complexity index is 2470. The van der Waals surface area contributed by atoms with Crippen LogP contribution in [0.25, 0.3) is 65.7 Å². The van der Waals surface area contributed by atoms with Gasteiger partial charge in [-0.3, -0.25) is 0 Å². The third-order valence-electron chi connectivity index (χ3n) is 10.1. The molecule has 396 valence electrons. The van der Waals surface area contributed by atoms with Crippen LogP contribution in [0.4, 0.5) is 0 Å². The Balaban J connectivity index is -0.000000892. The molecule has 0 N–H and O–H groups in total. The van der Waals surface area contributed by atoms with E-state index in [1.165, 1.54) is 76.8 Å². The van der Waals surface area contributed by atoms with Crippen molar-refractivity contribution in [2.24, 2.45) is 0 Å². The van der Waals surface area contributed by atoms with Crippen LogP contribution in [-0.2, 0) is 6.42 Å². The van der Waals surface area contributed by atoms with E-state index in [0.29, 0.717) is 0 Å². The zero-order valence-corrected chi connectivity index (χ0v) is 48.8. The van der Waals surface area contributed by atoms with Crippen molar-refractivity contribution in [1.82, 2.24) is 0 Å². The van der Waals surface area contributed by atoms with Crippen LogP contribution in [0.5, 0.6) is 0 Å². The van der Waals surface area contributed by atoms with E-state index in [1.807, 2.05) is 161 Å². The Morgan fingerprint density at radius 2 is 0.392 bits per heavy atom. The zero-order chi connectivity index (χ0) is 55.1. The van der Waals surface area contributed by atoms with E-state index in [-0.39, 0.29) is 7.43 Å². The predicted molar refractivity (Wildman–Crippen MR) is 346 cm³/mol. The van der Waals surface area contributed by atoms with Gasteiger partial charge in [0.15, 0.2) is 0 Å². The molecule has 0 bridgehead atoms. The lowest BCUT2D eigenvalue weighted by Crippen LogP contribution is -1.90. The zero-order valence-electron chi connectivity index (χ0n) is 48.8. The van der Waals surface area contributed by atoms with Gasteiger partial charge in [-0.1, -0.05) is 375 Å². The molecule has 10 aromatic carbocycles. The van der Waals surface area contributed by atoms with Crippen molar-refractivity contribution in [2.75, 3.05) is 0 Å². The summed E-state index contributed by atoms with van der Waals surface area (Å²) in [5.74, 6) is 0. The highest BCUT2D eigenvalue weighted by Crippen LogP contribution is 2.43. The van der Waals surface area contributed by atoms with E-state index in [2.05, 4.69) is 206 Å². The molecule has 0 aromatic heterocycles. The van der Waals surface area contributed by atoms with Crippen LogP contribution < -0.4 is 0 Å². The number of hydrogen-bond acceptors (Lipinski definition) is 0. The van der Waals surface area contributed by atoms with Gasteiger partial charge in [-0.2, -0.15) is 0 Å². The predicted octanol–water partition coefficient (Wildman–Crippen LogP) is 25.0. The van der Waals surface area contributed by atoms with Crippen molar-refractivity contribution in [3.63, 3.8) is 0 Å². The molecule has 74 heavy (non-hydrogen) atoms. The molecule has 0 nitrogen and oxygen atoms in total. The number of benzene rings is 10. The maximum absolute atomic E-state index is 2.25. The van der Waals surface area contributed by atoms with Crippen molar-refractivity contribution in [1.29, 1.82) is 0 Å². The first kappa shape index (κ1) is 71.2. The fraction of sp³-hybridized carbons (Fsp3) is 0.270. The van der Waals surface area contributed by atoms with Crippen LogP contribution in [0, 0.1) is 0 Å². The third kappa shape index (κ3) is 22.4. The summed E-state index contributed by atoms with van der Waals surface area (Å²) in [6.45, 7) is 36.0. The molecule has 0 radical (unpaired) electrons. The van der Waals surface area contributed by atoms with E-state index in [1.54, 1.807) is 0 Å². The van der Waals surface area contributed by atoms with Crippen molar-refractivity contribution >= 4 is 32.3 Å². The summed E-state index contributed by atoms with van der Waals surface area (Å²) in [6.07, 6.45) is 1.10. The first-order valence-corrected chi connectivity index (χ1v) is 28.0. The molecule has 0 spiro atoms. The number of hydrogen-bond donors (Lipinski definition) is 0. The molecule has 10 aromatic rings. The van der Waals surface area contributed by atoms with Crippen LogP contribution in [0.2, 0.25) is 0 Å². The summed E-state index contributed by atoms with van der Waals surface area (Å²) in [7, 11) is 0. The van der Waals surface area contributed by atoms with Gasteiger partial charge in [0, 0.05) is 0 Å². The van der Waals surface area contributed by atoms with Gasteiger partial charge in [0.2, 0.25) is 0 Å². The Kier molecular flexibility index (Phi) is 46.5. The van der Waals surface area contributed by atoms with Gasteiger partial charge in [-0.25, -0.2) is 0 Å². The quantitative estimate of drug-likeness (QED) is 0.151. The fourth-order valence-electron chi connectivity index (χ4n) is 7.56.